The van der Waals surface area contributed by atoms with E-state index >= 15 is 0 Å². The van der Waals surface area contributed by atoms with E-state index < -0.39 is 29.7 Å². The topological polar surface area (TPSA) is 168 Å². The molecule has 1 unspecified atom stereocenters. The predicted octanol–water partition coefficient (Wildman–Crippen LogP) is 4.55. The van der Waals surface area contributed by atoms with Gasteiger partial charge in [-0.3, -0.25) is 39.2 Å². The summed E-state index contributed by atoms with van der Waals surface area (Å²) in [6.07, 6.45) is 6.58. The van der Waals surface area contributed by atoms with Gasteiger partial charge in [0.2, 0.25) is 17.7 Å². The third-order valence-electron chi connectivity index (χ3n) is 12.6. The van der Waals surface area contributed by atoms with E-state index in [4.69, 9.17) is 19.4 Å². The first kappa shape index (κ1) is 38.8. The zero-order chi connectivity index (χ0) is 40.8. The van der Waals surface area contributed by atoms with Gasteiger partial charge in [0, 0.05) is 100 Å². The van der Waals surface area contributed by atoms with Crippen LogP contribution in [0, 0.1) is 6.92 Å². The lowest BCUT2D eigenvalue weighted by Gasteiger charge is -2.30. The maximum absolute atomic E-state index is 13.4. The number of nitrogens with zero attached hydrogens (tertiary/aromatic N) is 6. The quantitative estimate of drug-likeness (QED) is 0.161. The van der Waals surface area contributed by atoms with Gasteiger partial charge in [-0.2, -0.15) is 0 Å². The summed E-state index contributed by atoms with van der Waals surface area (Å²) in [5.74, 6) is -0.546. The van der Waals surface area contributed by atoms with Crippen molar-refractivity contribution in [3.05, 3.63) is 70.8 Å². The average Bonchev–Trinajstić information content (AvgIpc) is 3.93. The van der Waals surface area contributed by atoms with E-state index in [1.165, 1.54) is 0 Å². The number of pyridine rings is 1. The van der Waals surface area contributed by atoms with Gasteiger partial charge in [-0.1, -0.05) is 6.07 Å². The molecule has 5 amide bonds. The minimum Gasteiger partial charge on any atom is -0.384 e. The normalized spacial score (nSPS) is 21.0. The Morgan fingerprint density at radius 1 is 0.983 bits per heavy atom. The van der Waals surface area contributed by atoms with Gasteiger partial charge in [-0.25, -0.2) is 4.98 Å². The minimum absolute atomic E-state index is 0.0769. The molecule has 15 nitrogen and oxygen atoms in total. The summed E-state index contributed by atoms with van der Waals surface area (Å²) in [5, 5.41) is 6.61. The number of aryl methyl sites for hydroxylation is 1. The molecule has 3 fully saturated rings. The van der Waals surface area contributed by atoms with Crippen LogP contribution in [0.3, 0.4) is 0 Å². The van der Waals surface area contributed by atoms with Crippen molar-refractivity contribution in [2.24, 2.45) is 0 Å². The monoisotopic (exact) mass is 802 g/mol. The number of unbranched alkanes of at least 4 members (excludes halogenated alkanes) is 1. The number of aromatic nitrogens is 3. The van der Waals surface area contributed by atoms with E-state index in [0.717, 1.165) is 115 Å². The van der Waals surface area contributed by atoms with Crippen molar-refractivity contribution < 1.29 is 33.4 Å². The van der Waals surface area contributed by atoms with Crippen molar-refractivity contribution in [3.8, 4) is 11.3 Å². The van der Waals surface area contributed by atoms with Crippen LogP contribution in [-0.4, -0.2) is 112 Å². The Morgan fingerprint density at radius 2 is 1.83 bits per heavy atom. The van der Waals surface area contributed by atoms with Crippen LogP contribution >= 0.6 is 0 Å². The van der Waals surface area contributed by atoms with E-state index in [9.17, 15) is 24.0 Å². The van der Waals surface area contributed by atoms with Gasteiger partial charge in [0.05, 0.1) is 40.7 Å². The number of fused-ring (bicyclic) bond motifs is 3. The number of carbonyl (C=O) groups is 5. The summed E-state index contributed by atoms with van der Waals surface area (Å²) >= 11 is 0. The molecule has 308 valence electrons. The molecule has 0 saturated carbocycles. The van der Waals surface area contributed by atoms with Crippen molar-refractivity contribution in [1.29, 1.82) is 0 Å². The van der Waals surface area contributed by atoms with E-state index in [0.29, 0.717) is 37.8 Å². The third kappa shape index (κ3) is 7.35. The van der Waals surface area contributed by atoms with Crippen molar-refractivity contribution in [2.75, 3.05) is 56.2 Å². The molecule has 3 saturated heterocycles. The number of carbonyl (C=O) groups excluding carboxylic acids is 5. The summed E-state index contributed by atoms with van der Waals surface area (Å²) in [4.78, 5) is 78.6. The fourth-order valence-corrected chi connectivity index (χ4v) is 9.43. The number of amides is 5. The zero-order valence-electron chi connectivity index (χ0n) is 33.6. The molecule has 0 aliphatic carbocycles. The lowest BCUT2D eigenvalue weighted by Crippen LogP contribution is -2.54. The first-order chi connectivity index (χ1) is 28.7. The number of benzene rings is 2. The van der Waals surface area contributed by atoms with Crippen molar-refractivity contribution in [1.82, 2.24) is 29.7 Å². The second-order valence-electron chi connectivity index (χ2n) is 16.3. The second kappa shape index (κ2) is 16.2. The Kier molecular flexibility index (Phi) is 10.6. The van der Waals surface area contributed by atoms with Gasteiger partial charge >= 0.3 is 0 Å². The highest BCUT2D eigenvalue weighted by atomic mass is 16.5. The number of ether oxygens (including phenoxy) is 2. The smallest absolute Gasteiger partial charge is 0.264 e. The number of rotatable bonds is 11. The summed E-state index contributed by atoms with van der Waals surface area (Å²) in [6.45, 7) is 10.1. The van der Waals surface area contributed by atoms with Crippen LogP contribution in [0.5, 0.6) is 0 Å². The molecular weight excluding hydrogens is 753 g/mol. The fourth-order valence-electron chi connectivity index (χ4n) is 9.43. The van der Waals surface area contributed by atoms with E-state index in [1.54, 1.807) is 25.1 Å². The summed E-state index contributed by atoms with van der Waals surface area (Å²) < 4.78 is 14.4. The molecule has 2 atom stereocenters. The predicted molar refractivity (Wildman–Crippen MR) is 219 cm³/mol. The zero-order valence-corrected chi connectivity index (χ0v) is 33.6. The van der Waals surface area contributed by atoms with Gasteiger partial charge < -0.3 is 29.2 Å². The average molecular weight is 803 g/mol. The van der Waals surface area contributed by atoms with Crippen LogP contribution in [0.4, 0.5) is 11.4 Å². The SMILES string of the molecule is CC(=O)N1CCn2c(C3CCOCC3)nc(-c3ccnc4cc(N5CC[C@H](OCCCCNc6cccc7c6C(=O)N(C6CCC(=O)NC6=O)C7=O)C5)c(C)cc34)c2C1. The minimum atomic E-state index is -0.997. The molecule has 2 aromatic heterocycles. The number of hydrogen-bond donors (Lipinski definition) is 2. The molecule has 7 heterocycles. The van der Waals surface area contributed by atoms with Gasteiger partial charge in [0.25, 0.3) is 11.8 Å². The lowest BCUT2D eigenvalue weighted by molar-refractivity contribution is -0.136. The summed E-state index contributed by atoms with van der Waals surface area (Å²) in [5.41, 5.74) is 7.37. The molecule has 9 rings (SSSR count). The number of hydrogen-bond acceptors (Lipinski definition) is 11. The number of piperidine rings is 1. The highest BCUT2D eigenvalue weighted by Gasteiger charge is 2.45. The summed E-state index contributed by atoms with van der Waals surface area (Å²) in [7, 11) is 0. The molecule has 15 heteroatoms. The number of nitrogens with one attached hydrogen (secondary N) is 2. The van der Waals surface area contributed by atoms with Gasteiger partial charge in [0.1, 0.15) is 11.9 Å². The number of imidazole rings is 1. The maximum atomic E-state index is 13.4. The largest absolute Gasteiger partial charge is 0.384 e. The molecule has 0 spiro atoms. The molecular formula is C44H50N8O7. The Balaban J connectivity index is 0.816. The molecule has 4 aromatic rings. The van der Waals surface area contributed by atoms with E-state index in [2.05, 4.69) is 45.2 Å². The molecule has 0 radical (unpaired) electrons. The first-order valence-electron chi connectivity index (χ1n) is 20.9. The van der Waals surface area contributed by atoms with Crippen molar-refractivity contribution in [2.45, 2.75) is 89.9 Å². The van der Waals surface area contributed by atoms with Crippen molar-refractivity contribution >= 4 is 51.8 Å². The number of imide groups is 2. The standard InChI is InChI=1S/C44H50N8O7/c1-26-22-32-30(40-37-25-49(27(2)53)17-18-51(37)41(48-40)28-12-20-58-21-13-28)10-15-46-34(32)23-36(26)50-16-11-29(24-50)59-19-4-3-14-45-33-7-5-6-31-39(33)44(57)52(43(31)56)35-8-9-38(54)47-42(35)55/h5-7,10,15,22-23,28-29,35,45H,3-4,8-9,11-14,16-21,24-25H2,1-2H3,(H,47,54,55)/t29-,35?/m0/s1. The lowest BCUT2D eigenvalue weighted by atomic mass is 9.99. The Hall–Kier alpha value is -5.67. The van der Waals surface area contributed by atoms with Crippen LogP contribution in [0.1, 0.15) is 95.6 Å². The van der Waals surface area contributed by atoms with E-state index in [1.807, 2.05) is 11.1 Å². The van der Waals surface area contributed by atoms with Crippen LogP contribution < -0.4 is 15.5 Å². The Labute approximate surface area is 342 Å². The van der Waals surface area contributed by atoms with Crippen LogP contribution in [0.2, 0.25) is 0 Å². The molecule has 2 aromatic carbocycles. The van der Waals surface area contributed by atoms with E-state index in [-0.39, 0.29) is 36.0 Å². The van der Waals surface area contributed by atoms with Gasteiger partial charge in [0.15, 0.2) is 0 Å². The van der Waals surface area contributed by atoms with Crippen LogP contribution in [0.15, 0.2) is 42.6 Å². The maximum Gasteiger partial charge on any atom is 0.264 e. The number of anilines is 2. The van der Waals surface area contributed by atoms with Gasteiger partial charge in [-0.15, -0.1) is 0 Å². The second-order valence-corrected chi connectivity index (χ2v) is 16.3. The molecule has 5 aliphatic rings. The van der Waals surface area contributed by atoms with Gasteiger partial charge in [-0.05, 0) is 81.3 Å². The van der Waals surface area contributed by atoms with Crippen LogP contribution in [-0.2, 0) is 36.9 Å². The highest BCUT2D eigenvalue weighted by Crippen LogP contribution is 2.39. The van der Waals surface area contributed by atoms with Crippen molar-refractivity contribution in [3.63, 3.8) is 0 Å². The highest BCUT2D eigenvalue weighted by molar-refractivity contribution is 6.25. The molecule has 59 heavy (non-hydrogen) atoms. The molecule has 5 aliphatic heterocycles. The molecule has 2 N–H and O–H groups in total. The van der Waals surface area contributed by atoms with Crippen LogP contribution in [0.25, 0.3) is 22.2 Å². The first-order valence-corrected chi connectivity index (χ1v) is 20.9. The molecule has 0 bridgehead atoms. The fraction of sp³-hybridized carbons (Fsp3) is 0.477. The Morgan fingerprint density at radius 3 is 2.64 bits per heavy atom. The summed E-state index contributed by atoms with van der Waals surface area (Å²) in [6, 6.07) is 10.6. The third-order valence-corrected chi connectivity index (χ3v) is 12.6. The Bertz CT molecular complexity index is 2350.